The Kier molecular flexibility index (Phi) is 3.35. The number of nitrogens with zero attached hydrogens (tertiary/aromatic N) is 1. The quantitative estimate of drug-likeness (QED) is 0.796. The van der Waals surface area contributed by atoms with Crippen LogP contribution in [0.4, 0.5) is 0 Å². The van der Waals surface area contributed by atoms with Gasteiger partial charge >= 0.3 is 0 Å². The average Bonchev–Trinajstić information content (AvgIpc) is 2.19. The number of halogens is 1. The number of rotatable bonds is 2. The molecule has 0 aliphatic carbocycles. The molecule has 0 unspecified atom stereocenters. The molecule has 0 aromatic heterocycles. The molecule has 0 saturated carbocycles. The first-order valence-corrected chi connectivity index (χ1v) is 5.71. The number of benzene rings is 1. The number of nitrogens with two attached hydrogens (primary N) is 1. The lowest BCUT2D eigenvalue weighted by Crippen LogP contribution is -2.05. The molecule has 0 radical (unpaired) electrons. The van der Waals surface area contributed by atoms with Gasteiger partial charge in [0.1, 0.15) is 6.07 Å². The first kappa shape index (κ1) is 11.6. The summed E-state index contributed by atoms with van der Waals surface area (Å²) in [7, 11) is -3.80. The van der Waals surface area contributed by atoms with E-state index in [1.807, 2.05) is 0 Å². The Morgan fingerprint density at radius 2 is 1.93 bits per heavy atom. The van der Waals surface area contributed by atoms with Crippen molar-refractivity contribution in [3.63, 3.8) is 0 Å². The van der Waals surface area contributed by atoms with E-state index >= 15 is 0 Å². The van der Waals surface area contributed by atoms with Crippen molar-refractivity contribution in [3.05, 3.63) is 40.4 Å². The molecule has 15 heavy (non-hydrogen) atoms. The summed E-state index contributed by atoms with van der Waals surface area (Å²) in [6, 6.07) is 7.02. The molecule has 0 aliphatic heterocycles. The first-order chi connectivity index (χ1) is 7.02. The van der Waals surface area contributed by atoms with E-state index < -0.39 is 14.7 Å². The molecule has 0 heterocycles. The summed E-state index contributed by atoms with van der Waals surface area (Å²) >= 11 is 5.61. The Labute approximate surface area is 92.5 Å². The van der Waals surface area contributed by atoms with E-state index in [-0.39, 0.29) is 4.90 Å². The largest absolute Gasteiger partial charge is 0.403 e. The minimum atomic E-state index is -3.80. The molecule has 1 aromatic rings. The van der Waals surface area contributed by atoms with Gasteiger partial charge in [0.15, 0.2) is 4.91 Å². The van der Waals surface area contributed by atoms with Gasteiger partial charge in [-0.3, -0.25) is 0 Å². The van der Waals surface area contributed by atoms with Gasteiger partial charge < -0.3 is 5.73 Å². The van der Waals surface area contributed by atoms with Crippen LogP contribution in [0.15, 0.2) is 40.3 Å². The lowest BCUT2D eigenvalue weighted by molar-refractivity contribution is 0.603. The summed E-state index contributed by atoms with van der Waals surface area (Å²) in [6.45, 7) is 0. The van der Waals surface area contributed by atoms with Crippen LogP contribution in [0.1, 0.15) is 0 Å². The maximum atomic E-state index is 11.7. The molecule has 1 rings (SSSR count). The maximum absolute atomic E-state index is 11.7. The molecule has 2 N–H and O–H groups in total. The van der Waals surface area contributed by atoms with Crippen LogP contribution in [0, 0.1) is 11.3 Å². The van der Waals surface area contributed by atoms with E-state index in [0.29, 0.717) is 5.02 Å². The maximum Gasteiger partial charge on any atom is 0.218 e. The SMILES string of the molecule is N#C/C(=C\N)S(=O)(=O)c1ccc(Cl)cc1. The van der Waals surface area contributed by atoms with E-state index in [0.717, 1.165) is 6.20 Å². The number of hydrogen-bond donors (Lipinski definition) is 1. The Bertz CT molecular complexity index is 526. The van der Waals surface area contributed by atoms with Gasteiger partial charge in [-0.2, -0.15) is 5.26 Å². The normalized spacial score (nSPS) is 12.1. The minimum Gasteiger partial charge on any atom is -0.403 e. The first-order valence-electron chi connectivity index (χ1n) is 3.85. The molecule has 6 heteroatoms. The molecule has 78 valence electrons. The molecule has 0 spiro atoms. The zero-order valence-corrected chi connectivity index (χ0v) is 9.09. The number of allylic oxidation sites excluding steroid dienone is 1. The number of hydrogen-bond acceptors (Lipinski definition) is 4. The van der Waals surface area contributed by atoms with Crippen molar-refractivity contribution in [3.8, 4) is 6.07 Å². The molecule has 0 atom stereocenters. The molecule has 1 aromatic carbocycles. The topological polar surface area (TPSA) is 83.9 Å². The monoisotopic (exact) mass is 242 g/mol. The second kappa shape index (κ2) is 4.34. The number of nitriles is 1. The molecule has 0 amide bonds. The highest BCUT2D eigenvalue weighted by molar-refractivity contribution is 7.95. The van der Waals surface area contributed by atoms with Crippen LogP contribution in [0.2, 0.25) is 5.02 Å². The Balaban J connectivity index is 3.31. The molecule has 0 aliphatic rings. The van der Waals surface area contributed by atoms with Gasteiger partial charge in [-0.25, -0.2) is 8.42 Å². The van der Waals surface area contributed by atoms with E-state index in [9.17, 15) is 8.42 Å². The van der Waals surface area contributed by atoms with Gasteiger partial charge in [0.25, 0.3) is 0 Å². The smallest absolute Gasteiger partial charge is 0.218 e. The van der Waals surface area contributed by atoms with Crippen molar-refractivity contribution < 1.29 is 8.42 Å². The fraction of sp³-hybridized carbons (Fsp3) is 0. The molecule has 0 bridgehead atoms. The zero-order valence-electron chi connectivity index (χ0n) is 7.51. The van der Waals surface area contributed by atoms with Crippen LogP contribution >= 0.6 is 11.6 Å². The van der Waals surface area contributed by atoms with Crippen molar-refractivity contribution in [2.45, 2.75) is 4.90 Å². The second-order valence-electron chi connectivity index (χ2n) is 2.60. The Morgan fingerprint density at radius 3 is 2.33 bits per heavy atom. The Morgan fingerprint density at radius 1 is 1.40 bits per heavy atom. The molecular formula is C9H7ClN2O2S. The lowest BCUT2D eigenvalue weighted by Gasteiger charge is -2.01. The third-order valence-electron chi connectivity index (χ3n) is 1.68. The highest BCUT2D eigenvalue weighted by Crippen LogP contribution is 2.19. The van der Waals surface area contributed by atoms with Gasteiger partial charge in [0, 0.05) is 11.2 Å². The summed E-state index contributed by atoms with van der Waals surface area (Å²) in [5.41, 5.74) is 5.05. The zero-order chi connectivity index (χ0) is 11.5. The lowest BCUT2D eigenvalue weighted by atomic mass is 10.4. The van der Waals surface area contributed by atoms with Crippen LogP contribution in [0.25, 0.3) is 0 Å². The van der Waals surface area contributed by atoms with Crippen molar-refractivity contribution in [2.75, 3.05) is 0 Å². The second-order valence-corrected chi connectivity index (χ2v) is 4.95. The van der Waals surface area contributed by atoms with Gasteiger partial charge in [-0.15, -0.1) is 0 Å². The van der Waals surface area contributed by atoms with Crippen molar-refractivity contribution >= 4 is 21.4 Å². The van der Waals surface area contributed by atoms with Crippen molar-refractivity contribution in [2.24, 2.45) is 5.73 Å². The van der Waals surface area contributed by atoms with Gasteiger partial charge in [0.05, 0.1) is 4.90 Å². The highest BCUT2D eigenvalue weighted by atomic mass is 35.5. The average molecular weight is 243 g/mol. The van der Waals surface area contributed by atoms with Crippen LogP contribution < -0.4 is 5.73 Å². The van der Waals surface area contributed by atoms with Crippen molar-refractivity contribution in [1.82, 2.24) is 0 Å². The van der Waals surface area contributed by atoms with E-state index in [2.05, 4.69) is 0 Å². The molecule has 0 fully saturated rings. The highest BCUT2D eigenvalue weighted by Gasteiger charge is 2.19. The van der Waals surface area contributed by atoms with E-state index in [1.54, 1.807) is 0 Å². The molecule has 4 nitrogen and oxygen atoms in total. The fourth-order valence-electron chi connectivity index (χ4n) is 0.928. The molecular weight excluding hydrogens is 236 g/mol. The van der Waals surface area contributed by atoms with Gasteiger partial charge in [0.2, 0.25) is 9.84 Å². The fourth-order valence-corrected chi connectivity index (χ4v) is 2.10. The van der Waals surface area contributed by atoms with Crippen molar-refractivity contribution in [1.29, 1.82) is 5.26 Å². The van der Waals surface area contributed by atoms with E-state index in [4.69, 9.17) is 22.6 Å². The van der Waals surface area contributed by atoms with Crippen LogP contribution in [-0.4, -0.2) is 8.42 Å². The van der Waals surface area contributed by atoms with E-state index in [1.165, 1.54) is 30.3 Å². The summed E-state index contributed by atoms with van der Waals surface area (Å²) in [5.74, 6) is 0. The molecule has 0 saturated heterocycles. The van der Waals surface area contributed by atoms with Gasteiger partial charge in [-0.1, -0.05) is 11.6 Å². The minimum absolute atomic E-state index is 0.00912. The number of sulfone groups is 1. The predicted molar refractivity (Wildman–Crippen MR) is 56.5 cm³/mol. The predicted octanol–water partition coefficient (Wildman–Crippen LogP) is 1.44. The van der Waals surface area contributed by atoms with Crippen LogP contribution in [-0.2, 0) is 9.84 Å². The summed E-state index contributed by atoms with van der Waals surface area (Å²) < 4.78 is 23.4. The standard InChI is InChI=1S/C9H7ClN2O2S/c10-7-1-3-8(4-2-7)15(13,14)9(5-11)6-12/h1-5H,11H2/b9-5+. The van der Waals surface area contributed by atoms with Crippen LogP contribution in [0.3, 0.4) is 0 Å². The summed E-state index contributed by atoms with van der Waals surface area (Å²) in [5, 5.41) is 8.99. The third-order valence-corrected chi connectivity index (χ3v) is 3.63. The van der Waals surface area contributed by atoms with Crippen LogP contribution in [0.5, 0.6) is 0 Å². The third kappa shape index (κ3) is 2.29. The Hall–Kier alpha value is -1.51. The summed E-state index contributed by atoms with van der Waals surface area (Å²) in [4.78, 5) is -0.491. The summed E-state index contributed by atoms with van der Waals surface area (Å²) in [6.07, 6.45) is 0.768. The van der Waals surface area contributed by atoms with Gasteiger partial charge in [-0.05, 0) is 24.3 Å².